The van der Waals surface area contributed by atoms with Gasteiger partial charge in [0.15, 0.2) is 0 Å². The fourth-order valence-corrected chi connectivity index (χ4v) is 3.78. The molecule has 25 heavy (non-hydrogen) atoms. The molecule has 2 aromatic carbocycles. The normalized spacial score (nSPS) is 10.5. The number of halogens is 2. The van der Waals surface area contributed by atoms with Gasteiger partial charge in [-0.05, 0) is 36.8 Å². The van der Waals surface area contributed by atoms with E-state index < -0.39 is 4.92 Å². The standard InChI is InChI=1S/C17H16Cl2N2O3S/c1-11-9-12(5-6-16(11)21(23)24)17(22)20-7-8-25-10-13-14(18)3-2-4-15(13)19/h2-6,9H,7-8,10H2,1H3,(H,20,22). The Morgan fingerprint density at radius 2 is 1.92 bits per heavy atom. The number of amides is 1. The molecule has 0 unspecified atom stereocenters. The van der Waals surface area contributed by atoms with Gasteiger partial charge in [0.2, 0.25) is 0 Å². The SMILES string of the molecule is Cc1cc(C(=O)NCCSCc2c(Cl)cccc2Cl)ccc1[N+](=O)[O-]. The van der Waals surface area contributed by atoms with Gasteiger partial charge in [-0.3, -0.25) is 14.9 Å². The van der Waals surface area contributed by atoms with E-state index in [9.17, 15) is 14.9 Å². The third-order valence-electron chi connectivity index (χ3n) is 3.50. The fourth-order valence-electron chi connectivity index (χ4n) is 2.18. The zero-order valence-corrected chi connectivity index (χ0v) is 15.7. The summed E-state index contributed by atoms with van der Waals surface area (Å²) in [6, 6.07) is 9.70. The van der Waals surface area contributed by atoms with Gasteiger partial charge in [0.25, 0.3) is 11.6 Å². The van der Waals surface area contributed by atoms with Crippen LogP contribution in [0.3, 0.4) is 0 Å². The highest BCUT2D eigenvalue weighted by molar-refractivity contribution is 7.98. The minimum Gasteiger partial charge on any atom is -0.351 e. The van der Waals surface area contributed by atoms with Gasteiger partial charge in [0.1, 0.15) is 0 Å². The Labute approximate surface area is 159 Å². The molecule has 0 saturated heterocycles. The van der Waals surface area contributed by atoms with E-state index in [4.69, 9.17) is 23.2 Å². The summed E-state index contributed by atoms with van der Waals surface area (Å²) < 4.78 is 0. The third kappa shape index (κ3) is 5.36. The van der Waals surface area contributed by atoms with E-state index in [1.807, 2.05) is 0 Å². The monoisotopic (exact) mass is 398 g/mol. The number of hydrogen-bond acceptors (Lipinski definition) is 4. The van der Waals surface area contributed by atoms with Crippen molar-refractivity contribution in [2.45, 2.75) is 12.7 Å². The van der Waals surface area contributed by atoms with Crippen molar-refractivity contribution in [3.05, 3.63) is 73.2 Å². The zero-order chi connectivity index (χ0) is 18.4. The number of thioether (sulfide) groups is 1. The fraction of sp³-hybridized carbons (Fsp3) is 0.235. The van der Waals surface area contributed by atoms with Crippen molar-refractivity contribution in [1.82, 2.24) is 5.32 Å². The molecule has 0 aliphatic rings. The van der Waals surface area contributed by atoms with Crippen LogP contribution in [-0.4, -0.2) is 23.1 Å². The number of carbonyl (C=O) groups excluding carboxylic acids is 1. The molecule has 0 heterocycles. The van der Waals surface area contributed by atoms with E-state index in [0.717, 1.165) is 5.56 Å². The predicted molar refractivity (Wildman–Crippen MR) is 103 cm³/mol. The van der Waals surface area contributed by atoms with Gasteiger partial charge < -0.3 is 5.32 Å². The molecule has 0 spiro atoms. The number of aryl methyl sites for hydroxylation is 1. The molecule has 1 N–H and O–H groups in total. The highest BCUT2D eigenvalue weighted by Crippen LogP contribution is 2.28. The van der Waals surface area contributed by atoms with E-state index in [-0.39, 0.29) is 11.6 Å². The van der Waals surface area contributed by atoms with E-state index >= 15 is 0 Å². The summed E-state index contributed by atoms with van der Waals surface area (Å²) in [7, 11) is 0. The average molecular weight is 399 g/mol. The lowest BCUT2D eigenvalue weighted by Crippen LogP contribution is -2.25. The van der Waals surface area contributed by atoms with E-state index in [1.165, 1.54) is 18.2 Å². The summed E-state index contributed by atoms with van der Waals surface area (Å²) in [5.74, 6) is 1.10. The Hall–Kier alpha value is -1.76. The first-order valence-corrected chi connectivity index (χ1v) is 9.35. The van der Waals surface area contributed by atoms with Gasteiger partial charge in [-0.15, -0.1) is 0 Å². The van der Waals surface area contributed by atoms with Crippen molar-refractivity contribution in [1.29, 1.82) is 0 Å². The summed E-state index contributed by atoms with van der Waals surface area (Å²) in [6.07, 6.45) is 0. The second-order valence-corrected chi connectivity index (χ2v) is 7.19. The molecular formula is C17H16Cl2N2O3S. The van der Waals surface area contributed by atoms with Gasteiger partial charge in [-0.25, -0.2) is 0 Å². The number of nitrogens with zero attached hydrogens (tertiary/aromatic N) is 1. The van der Waals surface area contributed by atoms with Gasteiger partial charge >= 0.3 is 0 Å². The minimum atomic E-state index is -0.465. The molecule has 132 valence electrons. The molecule has 1 amide bonds. The van der Waals surface area contributed by atoms with Crippen LogP contribution < -0.4 is 5.32 Å². The Morgan fingerprint density at radius 3 is 2.52 bits per heavy atom. The number of nitro groups is 1. The first-order valence-electron chi connectivity index (χ1n) is 7.44. The van der Waals surface area contributed by atoms with Crippen LogP contribution in [0, 0.1) is 17.0 Å². The lowest BCUT2D eigenvalue weighted by molar-refractivity contribution is -0.385. The molecule has 0 atom stereocenters. The Balaban J connectivity index is 1.81. The third-order valence-corrected chi connectivity index (χ3v) is 5.19. The summed E-state index contributed by atoms with van der Waals surface area (Å²) >= 11 is 13.8. The lowest BCUT2D eigenvalue weighted by atomic mass is 10.1. The summed E-state index contributed by atoms with van der Waals surface area (Å²) in [6.45, 7) is 2.08. The Bertz CT molecular complexity index is 779. The number of nitrogens with one attached hydrogen (secondary N) is 1. The molecule has 5 nitrogen and oxygen atoms in total. The smallest absolute Gasteiger partial charge is 0.272 e. The van der Waals surface area contributed by atoms with Crippen molar-refractivity contribution < 1.29 is 9.72 Å². The second kappa shape index (κ2) is 9.08. The average Bonchev–Trinajstić information content (AvgIpc) is 2.56. The molecule has 0 aliphatic heterocycles. The highest BCUT2D eigenvalue weighted by Gasteiger charge is 2.13. The number of carbonyl (C=O) groups is 1. The molecule has 2 rings (SSSR count). The van der Waals surface area contributed by atoms with Gasteiger partial charge in [-0.2, -0.15) is 11.8 Å². The molecule has 0 fully saturated rings. The van der Waals surface area contributed by atoms with E-state index in [0.29, 0.717) is 39.2 Å². The number of nitro benzene ring substituents is 1. The predicted octanol–water partition coefficient (Wildman–Crippen LogP) is 4.87. The van der Waals surface area contributed by atoms with Crippen molar-refractivity contribution in [2.75, 3.05) is 12.3 Å². The quantitative estimate of drug-likeness (QED) is 0.410. The van der Waals surface area contributed by atoms with Gasteiger partial charge in [0, 0.05) is 45.3 Å². The highest BCUT2D eigenvalue weighted by atomic mass is 35.5. The molecule has 0 bridgehead atoms. The zero-order valence-electron chi connectivity index (χ0n) is 13.4. The lowest BCUT2D eigenvalue weighted by Gasteiger charge is -2.08. The van der Waals surface area contributed by atoms with E-state index in [1.54, 1.807) is 36.9 Å². The number of rotatable bonds is 7. The molecule has 0 aliphatic carbocycles. The Morgan fingerprint density at radius 1 is 1.24 bits per heavy atom. The van der Waals surface area contributed by atoms with Crippen LogP contribution in [-0.2, 0) is 5.75 Å². The van der Waals surface area contributed by atoms with Crippen molar-refractivity contribution in [3.63, 3.8) is 0 Å². The van der Waals surface area contributed by atoms with Crippen LogP contribution in [0.1, 0.15) is 21.5 Å². The number of hydrogen-bond donors (Lipinski definition) is 1. The second-order valence-electron chi connectivity index (χ2n) is 5.27. The number of benzene rings is 2. The molecule has 2 aromatic rings. The van der Waals surface area contributed by atoms with Crippen LogP contribution >= 0.6 is 35.0 Å². The first-order chi connectivity index (χ1) is 11.9. The van der Waals surface area contributed by atoms with Crippen molar-refractivity contribution >= 4 is 46.6 Å². The summed E-state index contributed by atoms with van der Waals surface area (Å²) in [5.41, 5.74) is 1.75. The topological polar surface area (TPSA) is 72.2 Å². The van der Waals surface area contributed by atoms with Gasteiger partial charge in [-0.1, -0.05) is 29.3 Å². The summed E-state index contributed by atoms with van der Waals surface area (Å²) in [5, 5.41) is 14.8. The maximum absolute atomic E-state index is 12.1. The van der Waals surface area contributed by atoms with Crippen LogP contribution in [0.2, 0.25) is 10.0 Å². The van der Waals surface area contributed by atoms with E-state index in [2.05, 4.69) is 5.32 Å². The van der Waals surface area contributed by atoms with Crippen molar-refractivity contribution in [3.8, 4) is 0 Å². The molecule has 0 radical (unpaired) electrons. The van der Waals surface area contributed by atoms with Crippen LogP contribution in [0.15, 0.2) is 36.4 Å². The molecule has 0 aromatic heterocycles. The summed E-state index contributed by atoms with van der Waals surface area (Å²) in [4.78, 5) is 22.4. The maximum Gasteiger partial charge on any atom is 0.272 e. The maximum atomic E-state index is 12.1. The molecule has 0 saturated carbocycles. The molecular weight excluding hydrogens is 383 g/mol. The first kappa shape index (κ1) is 19.6. The van der Waals surface area contributed by atoms with Crippen LogP contribution in [0.4, 0.5) is 5.69 Å². The Kier molecular flexibility index (Phi) is 7.11. The van der Waals surface area contributed by atoms with Crippen LogP contribution in [0.5, 0.6) is 0 Å². The minimum absolute atomic E-state index is 0.00345. The molecule has 8 heteroatoms. The van der Waals surface area contributed by atoms with Gasteiger partial charge in [0.05, 0.1) is 4.92 Å². The largest absolute Gasteiger partial charge is 0.351 e. The van der Waals surface area contributed by atoms with Crippen LogP contribution in [0.25, 0.3) is 0 Å². The van der Waals surface area contributed by atoms with Crippen molar-refractivity contribution in [2.24, 2.45) is 0 Å².